The summed E-state index contributed by atoms with van der Waals surface area (Å²) in [5.74, 6) is 1.37. The third kappa shape index (κ3) is 2.71. The molecule has 0 aliphatic carbocycles. The zero-order valence-corrected chi connectivity index (χ0v) is 13.8. The van der Waals surface area contributed by atoms with E-state index in [2.05, 4.69) is 15.0 Å². The van der Waals surface area contributed by atoms with Crippen LogP contribution in [0.2, 0.25) is 0 Å². The molecule has 116 valence electrons. The molecule has 8 heteroatoms. The number of imidazole rings is 1. The first-order chi connectivity index (χ1) is 11.2. The second kappa shape index (κ2) is 5.71. The van der Waals surface area contributed by atoms with Gasteiger partial charge in [0.25, 0.3) is 5.56 Å². The van der Waals surface area contributed by atoms with Crippen LogP contribution >= 0.6 is 23.1 Å². The second-order valence-corrected chi connectivity index (χ2v) is 6.69. The minimum Gasteiger partial charge on any atom is -0.497 e. The van der Waals surface area contributed by atoms with E-state index in [9.17, 15) is 4.79 Å². The SMILES string of the molecule is COc1ccc2nc(SCc3cc(=O)n4ccsc4n3)[nH]c2c1. The predicted octanol–water partition coefficient (Wildman–Crippen LogP) is 2.93. The van der Waals surface area contributed by atoms with Crippen molar-refractivity contribution in [3.05, 3.63) is 51.9 Å². The lowest BCUT2D eigenvalue weighted by Gasteiger charge is -1.99. The molecule has 23 heavy (non-hydrogen) atoms. The van der Waals surface area contributed by atoms with Crippen molar-refractivity contribution in [3.8, 4) is 5.75 Å². The van der Waals surface area contributed by atoms with E-state index < -0.39 is 0 Å². The average Bonchev–Trinajstić information content (AvgIpc) is 3.18. The van der Waals surface area contributed by atoms with E-state index in [1.807, 2.05) is 23.6 Å². The van der Waals surface area contributed by atoms with E-state index in [0.29, 0.717) is 10.7 Å². The number of nitrogens with one attached hydrogen (secondary N) is 1. The number of benzene rings is 1. The monoisotopic (exact) mass is 344 g/mol. The average molecular weight is 344 g/mol. The van der Waals surface area contributed by atoms with E-state index in [-0.39, 0.29) is 5.56 Å². The standard InChI is InChI=1S/C15H12N4O2S2/c1-21-10-2-3-11-12(7-10)18-14(17-11)23-8-9-6-13(20)19-4-5-22-15(19)16-9/h2-7H,8H2,1H3,(H,17,18). The van der Waals surface area contributed by atoms with Gasteiger partial charge in [0, 0.05) is 29.5 Å². The molecule has 0 radical (unpaired) electrons. The number of ether oxygens (including phenoxy) is 1. The summed E-state index contributed by atoms with van der Waals surface area (Å²) in [6.45, 7) is 0. The Kier molecular flexibility index (Phi) is 3.55. The Hall–Kier alpha value is -2.32. The first kappa shape index (κ1) is 14.3. The molecule has 0 atom stereocenters. The number of H-pyrrole nitrogens is 1. The van der Waals surface area contributed by atoms with Gasteiger partial charge in [0.1, 0.15) is 5.75 Å². The van der Waals surface area contributed by atoms with Crippen LogP contribution in [-0.2, 0) is 5.75 Å². The molecule has 3 aromatic heterocycles. The van der Waals surface area contributed by atoms with Crippen molar-refractivity contribution in [2.45, 2.75) is 10.9 Å². The Morgan fingerprint density at radius 2 is 2.26 bits per heavy atom. The Morgan fingerprint density at radius 3 is 3.13 bits per heavy atom. The van der Waals surface area contributed by atoms with Crippen LogP contribution in [0.25, 0.3) is 16.0 Å². The van der Waals surface area contributed by atoms with E-state index in [0.717, 1.165) is 27.6 Å². The van der Waals surface area contributed by atoms with Gasteiger partial charge in [0.05, 0.1) is 23.8 Å². The smallest absolute Gasteiger partial charge is 0.258 e. The fourth-order valence-corrected chi connectivity index (χ4v) is 3.78. The maximum absolute atomic E-state index is 12.0. The molecular formula is C15H12N4O2S2. The number of thioether (sulfide) groups is 1. The minimum absolute atomic E-state index is 0.0545. The van der Waals surface area contributed by atoms with Crippen molar-refractivity contribution >= 4 is 39.1 Å². The number of aromatic nitrogens is 4. The number of fused-ring (bicyclic) bond motifs is 2. The quantitative estimate of drug-likeness (QED) is 0.576. The van der Waals surface area contributed by atoms with Crippen LogP contribution in [0.15, 0.2) is 45.8 Å². The van der Waals surface area contributed by atoms with E-state index in [1.54, 1.807) is 23.8 Å². The van der Waals surface area contributed by atoms with E-state index in [4.69, 9.17) is 4.74 Å². The third-order valence-corrected chi connectivity index (χ3v) is 5.04. The van der Waals surface area contributed by atoms with Gasteiger partial charge < -0.3 is 9.72 Å². The van der Waals surface area contributed by atoms with Gasteiger partial charge >= 0.3 is 0 Å². The summed E-state index contributed by atoms with van der Waals surface area (Å²) in [7, 11) is 1.64. The Labute approximate surface area is 139 Å². The van der Waals surface area contributed by atoms with Crippen molar-refractivity contribution in [1.82, 2.24) is 19.4 Å². The number of thiazole rings is 1. The first-order valence-electron chi connectivity index (χ1n) is 6.85. The van der Waals surface area contributed by atoms with E-state index in [1.165, 1.54) is 23.1 Å². The molecule has 0 saturated heterocycles. The second-order valence-electron chi connectivity index (χ2n) is 4.86. The molecular weight excluding hydrogens is 332 g/mol. The van der Waals surface area contributed by atoms with Crippen LogP contribution in [0.1, 0.15) is 5.69 Å². The number of rotatable bonds is 4. The number of nitrogens with zero attached hydrogens (tertiary/aromatic N) is 3. The molecule has 0 amide bonds. The summed E-state index contributed by atoms with van der Waals surface area (Å²) < 4.78 is 6.75. The zero-order valence-electron chi connectivity index (χ0n) is 12.1. The topological polar surface area (TPSA) is 72.3 Å². The first-order valence-corrected chi connectivity index (χ1v) is 8.72. The highest BCUT2D eigenvalue weighted by Crippen LogP contribution is 2.25. The van der Waals surface area contributed by atoms with Crippen LogP contribution in [0.5, 0.6) is 5.75 Å². The molecule has 0 fully saturated rings. The number of hydrogen-bond acceptors (Lipinski definition) is 6. The number of aromatic amines is 1. The van der Waals surface area contributed by atoms with Gasteiger partial charge in [-0.05, 0) is 12.1 Å². The van der Waals surface area contributed by atoms with Gasteiger partial charge in [0.2, 0.25) is 0 Å². The van der Waals surface area contributed by atoms with Crippen LogP contribution in [0.3, 0.4) is 0 Å². The van der Waals surface area contributed by atoms with Gasteiger partial charge in [0.15, 0.2) is 10.1 Å². The van der Waals surface area contributed by atoms with Crippen LogP contribution in [0.4, 0.5) is 0 Å². The zero-order chi connectivity index (χ0) is 15.8. The van der Waals surface area contributed by atoms with Crippen LogP contribution in [0, 0.1) is 0 Å². The van der Waals surface area contributed by atoms with Crippen LogP contribution < -0.4 is 10.3 Å². The van der Waals surface area contributed by atoms with Crippen molar-refractivity contribution in [3.63, 3.8) is 0 Å². The largest absolute Gasteiger partial charge is 0.497 e. The van der Waals surface area contributed by atoms with Gasteiger partial charge in [-0.1, -0.05) is 11.8 Å². The van der Waals surface area contributed by atoms with Crippen molar-refractivity contribution in [2.75, 3.05) is 7.11 Å². The summed E-state index contributed by atoms with van der Waals surface area (Å²) in [5.41, 5.74) is 2.50. The lowest BCUT2D eigenvalue weighted by molar-refractivity contribution is 0.415. The van der Waals surface area contributed by atoms with Crippen LogP contribution in [-0.4, -0.2) is 26.5 Å². The Balaban J connectivity index is 1.58. The lowest BCUT2D eigenvalue weighted by atomic mass is 10.3. The highest BCUT2D eigenvalue weighted by molar-refractivity contribution is 7.98. The van der Waals surface area contributed by atoms with Gasteiger partial charge in [-0.2, -0.15) is 0 Å². The highest BCUT2D eigenvalue weighted by Gasteiger charge is 2.08. The minimum atomic E-state index is -0.0545. The molecule has 0 bridgehead atoms. The maximum atomic E-state index is 12.0. The molecule has 0 saturated carbocycles. The van der Waals surface area contributed by atoms with Gasteiger partial charge in [-0.25, -0.2) is 9.97 Å². The number of methoxy groups -OCH3 is 1. The summed E-state index contributed by atoms with van der Waals surface area (Å²) in [4.78, 5) is 24.9. The van der Waals surface area contributed by atoms with Crippen molar-refractivity contribution in [1.29, 1.82) is 0 Å². The Morgan fingerprint density at radius 1 is 1.35 bits per heavy atom. The molecule has 0 unspecified atom stereocenters. The third-order valence-electron chi connectivity index (χ3n) is 3.38. The highest BCUT2D eigenvalue weighted by atomic mass is 32.2. The molecule has 0 aliphatic heterocycles. The summed E-state index contributed by atoms with van der Waals surface area (Å²) in [6, 6.07) is 7.27. The molecule has 3 heterocycles. The van der Waals surface area contributed by atoms with E-state index >= 15 is 0 Å². The fourth-order valence-electron chi connectivity index (χ4n) is 2.26. The molecule has 6 nitrogen and oxygen atoms in total. The Bertz CT molecular complexity index is 1050. The fraction of sp³-hybridized carbons (Fsp3) is 0.133. The number of hydrogen-bond donors (Lipinski definition) is 1. The normalized spacial score (nSPS) is 11.3. The maximum Gasteiger partial charge on any atom is 0.258 e. The lowest BCUT2D eigenvalue weighted by Crippen LogP contribution is -2.12. The molecule has 0 spiro atoms. The molecule has 1 N–H and O–H groups in total. The predicted molar refractivity (Wildman–Crippen MR) is 91.5 cm³/mol. The molecule has 4 rings (SSSR count). The molecule has 1 aromatic carbocycles. The summed E-state index contributed by atoms with van der Waals surface area (Å²) in [6.07, 6.45) is 1.74. The molecule has 4 aromatic rings. The summed E-state index contributed by atoms with van der Waals surface area (Å²) in [5, 5.41) is 2.65. The molecule has 0 aliphatic rings. The summed E-state index contributed by atoms with van der Waals surface area (Å²) >= 11 is 2.97. The van der Waals surface area contributed by atoms with Gasteiger partial charge in [-0.15, -0.1) is 11.3 Å². The van der Waals surface area contributed by atoms with Crippen molar-refractivity contribution in [2.24, 2.45) is 0 Å². The van der Waals surface area contributed by atoms with Gasteiger partial charge in [-0.3, -0.25) is 9.20 Å². The van der Waals surface area contributed by atoms with Crippen molar-refractivity contribution < 1.29 is 4.74 Å².